The molecule has 0 aromatic heterocycles. The minimum Gasteiger partial charge on any atom is -0.327 e. The van der Waals surface area contributed by atoms with E-state index in [0.717, 1.165) is 12.1 Å². The predicted molar refractivity (Wildman–Crippen MR) is 104 cm³/mol. The monoisotopic (exact) mass is 443 g/mol. The van der Waals surface area contributed by atoms with E-state index in [4.69, 9.17) is 23.2 Å². The number of carbonyl (C=O) groups is 2. The van der Waals surface area contributed by atoms with Crippen molar-refractivity contribution in [2.24, 2.45) is 0 Å². The Bertz CT molecular complexity index is 1020. The largest absolute Gasteiger partial charge is 0.416 e. The predicted octanol–water partition coefficient (Wildman–Crippen LogP) is 5.28. The number of halogens is 5. The molecule has 5 nitrogen and oxygen atoms in total. The van der Waals surface area contributed by atoms with Gasteiger partial charge in [-0.3, -0.25) is 4.79 Å². The number of hydrogen-bond acceptors (Lipinski definition) is 2. The SMILES string of the molecule is CC1=C(C(=O)Nc2cccc(C(F)(F)F)c2)[C@H](c2cccc(Cl)c2Cl)NC(=O)N1. The second-order valence-corrected chi connectivity index (χ2v) is 7.03. The molecule has 3 amide bonds. The summed E-state index contributed by atoms with van der Waals surface area (Å²) in [5.74, 6) is -0.699. The van der Waals surface area contributed by atoms with E-state index in [-0.39, 0.29) is 27.0 Å². The Labute approximate surface area is 173 Å². The first-order valence-electron chi connectivity index (χ1n) is 8.28. The highest BCUT2D eigenvalue weighted by Crippen LogP contribution is 2.36. The van der Waals surface area contributed by atoms with E-state index in [2.05, 4.69) is 16.0 Å². The Morgan fingerprint density at radius 1 is 1.14 bits per heavy atom. The molecule has 2 aromatic carbocycles. The van der Waals surface area contributed by atoms with E-state index in [1.54, 1.807) is 18.2 Å². The van der Waals surface area contributed by atoms with Gasteiger partial charge in [0.2, 0.25) is 0 Å². The minimum absolute atomic E-state index is 0.0435. The summed E-state index contributed by atoms with van der Waals surface area (Å²) in [6.45, 7) is 1.51. The number of nitrogens with one attached hydrogen (secondary N) is 3. The zero-order valence-corrected chi connectivity index (χ0v) is 16.3. The van der Waals surface area contributed by atoms with Gasteiger partial charge in [0, 0.05) is 11.4 Å². The van der Waals surface area contributed by atoms with Crippen molar-refractivity contribution in [1.29, 1.82) is 0 Å². The summed E-state index contributed by atoms with van der Waals surface area (Å²) in [5.41, 5.74) is -0.239. The molecule has 10 heteroatoms. The van der Waals surface area contributed by atoms with Gasteiger partial charge in [0.05, 0.1) is 27.2 Å². The van der Waals surface area contributed by atoms with Crippen molar-refractivity contribution in [3.63, 3.8) is 0 Å². The van der Waals surface area contributed by atoms with Crippen LogP contribution in [-0.4, -0.2) is 11.9 Å². The van der Waals surface area contributed by atoms with Crippen molar-refractivity contribution >= 4 is 40.8 Å². The van der Waals surface area contributed by atoms with Crippen LogP contribution >= 0.6 is 23.2 Å². The van der Waals surface area contributed by atoms with E-state index in [9.17, 15) is 22.8 Å². The molecular weight excluding hydrogens is 430 g/mol. The summed E-state index contributed by atoms with van der Waals surface area (Å²) in [7, 11) is 0. The molecule has 0 saturated carbocycles. The summed E-state index contributed by atoms with van der Waals surface area (Å²) in [5, 5.41) is 7.89. The lowest BCUT2D eigenvalue weighted by Crippen LogP contribution is -2.46. The first-order chi connectivity index (χ1) is 13.6. The normalized spacial score (nSPS) is 16.9. The molecule has 3 N–H and O–H groups in total. The van der Waals surface area contributed by atoms with Crippen LogP contribution in [0.25, 0.3) is 0 Å². The fourth-order valence-electron chi connectivity index (χ4n) is 2.94. The van der Waals surface area contributed by atoms with Crippen LogP contribution in [0.1, 0.15) is 24.1 Å². The number of carbonyl (C=O) groups excluding carboxylic acids is 2. The highest BCUT2D eigenvalue weighted by Gasteiger charge is 2.34. The molecule has 0 radical (unpaired) electrons. The van der Waals surface area contributed by atoms with Gasteiger partial charge in [0.15, 0.2) is 0 Å². The smallest absolute Gasteiger partial charge is 0.327 e. The van der Waals surface area contributed by atoms with Crippen LogP contribution in [0.2, 0.25) is 10.0 Å². The van der Waals surface area contributed by atoms with Crippen LogP contribution in [0, 0.1) is 0 Å². The van der Waals surface area contributed by atoms with E-state index in [1.165, 1.54) is 19.1 Å². The van der Waals surface area contributed by atoms with Crippen LogP contribution in [0.4, 0.5) is 23.7 Å². The van der Waals surface area contributed by atoms with Gasteiger partial charge in [-0.05, 0) is 36.8 Å². The maximum absolute atomic E-state index is 12.9. The van der Waals surface area contributed by atoms with Crippen LogP contribution in [0.5, 0.6) is 0 Å². The van der Waals surface area contributed by atoms with Crippen molar-refractivity contribution in [1.82, 2.24) is 10.6 Å². The van der Waals surface area contributed by atoms with Gasteiger partial charge in [-0.1, -0.05) is 41.4 Å². The number of hydrogen-bond donors (Lipinski definition) is 3. The Morgan fingerprint density at radius 3 is 2.52 bits per heavy atom. The Kier molecular flexibility index (Phi) is 5.77. The van der Waals surface area contributed by atoms with Crippen molar-refractivity contribution in [2.75, 3.05) is 5.32 Å². The second kappa shape index (κ2) is 7.96. The Hall–Kier alpha value is -2.71. The fraction of sp³-hybridized carbons (Fsp3) is 0.158. The van der Waals surface area contributed by atoms with Gasteiger partial charge >= 0.3 is 12.2 Å². The summed E-state index contributed by atoms with van der Waals surface area (Å²) < 4.78 is 38.8. The molecular formula is C19H14Cl2F3N3O2. The zero-order valence-electron chi connectivity index (χ0n) is 14.8. The van der Waals surface area contributed by atoms with Crippen LogP contribution in [0.15, 0.2) is 53.7 Å². The van der Waals surface area contributed by atoms with Gasteiger partial charge < -0.3 is 16.0 Å². The van der Waals surface area contributed by atoms with E-state index < -0.39 is 29.7 Å². The molecule has 0 spiro atoms. The molecule has 0 bridgehead atoms. The summed E-state index contributed by atoms with van der Waals surface area (Å²) in [6, 6.07) is 7.49. The molecule has 1 aliphatic heterocycles. The molecule has 152 valence electrons. The molecule has 1 aliphatic rings. The number of anilines is 1. The lowest BCUT2D eigenvalue weighted by Gasteiger charge is -2.29. The fourth-order valence-corrected chi connectivity index (χ4v) is 3.36. The molecule has 1 heterocycles. The number of amides is 3. The standard InChI is InChI=1S/C19H14Cl2F3N3O2/c1-9-14(17(28)26-11-5-2-4-10(8-11)19(22,23)24)16(27-18(29)25-9)12-6-3-7-13(20)15(12)21/h2-8,16H,1H3,(H,26,28)(H2,25,27,29)/t16-/m0/s1. The third-order valence-corrected chi connectivity index (χ3v) is 5.09. The van der Waals surface area contributed by atoms with Crippen molar-refractivity contribution in [2.45, 2.75) is 19.1 Å². The average Bonchev–Trinajstić information content (AvgIpc) is 2.62. The maximum Gasteiger partial charge on any atom is 0.416 e. The first kappa shape index (κ1) is 21.0. The van der Waals surface area contributed by atoms with Crippen molar-refractivity contribution in [3.05, 3.63) is 74.9 Å². The number of alkyl halides is 3. The Balaban J connectivity index is 1.98. The van der Waals surface area contributed by atoms with Gasteiger partial charge in [-0.2, -0.15) is 13.2 Å². The maximum atomic E-state index is 12.9. The third kappa shape index (κ3) is 4.49. The average molecular weight is 444 g/mol. The van der Waals surface area contributed by atoms with Gasteiger partial charge in [-0.15, -0.1) is 0 Å². The molecule has 0 saturated heterocycles. The van der Waals surface area contributed by atoms with Crippen LogP contribution in [-0.2, 0) is 11.0 Å². The summed E-state index contributed by atoms with van der Waals surface area (Å²) in [4.78, 5) is 24.9. The molecule has 29 heavy (non-hydrogen) atoms. The van der Waals surface area contributed by atoms with Crippen LogP contribution < -0.4 is 16.0 Å². The molecule has 2 aromatic rings. The molecule has 0 aliphatic carbocycles. The van der Waals surface area contributed by atoms with Crippen molar-refractivity contribution < 1.29 is 22.8 Å². The van der Waals surface area contributed by atoms with Crippen molar-refractivity contribution in [3.8, 4) is 0 Å². The lowest BCUT2D eigenvalue weighted by molar-refractivity contribution is -0.137. The quantitative estimate of drug-likeness (QED) is 0.603. The second-order valence-electron chi connectivity index (χ2n) is 6.25. The highest BCUT2D eigenvalue weighted by molar-refractivity contribution is 6.42. The highest BCUT2D eigenvalue weighted by atomic mass is 35.5. The van der Waals surface area contributed by atoms with Gasteiger partial charge in [0.25, 0.3) is 5.91 Å². The third-order valence-electron chi connectivity index (χ3n) is 4.25. The van der Waals surface area contributed by atoms with E-state index >= 15 is 0 Å². The summed E-state index contributed by atoms with van der Waals surface area (Å²) in [6.07, 6.45) is -4.55. The molecule has 0 fully saturated rings. The first-order valence-corrected chi connectivity index (χ1v) is 9.04. The zero-order chi connectivity index (χ0) is 21.3. The van der Waals surface area contributed by atoms with Gasteiger partial charge in [0.1, 0.15) is 0 Å². The topological polar surface area (TPSA) is 70.2 Å². The number of rotatable bonds is 3. The number of allylic oxidation sites excluding steroid dienone is 1. The molecule has 0 unspecified atom stereocenters. The van der Waals surface area contributed by atoms with Gasteiger partial charge in [-0.25, -0.2) is 4.79 Å². The lowest BCUT2D eigenvalue weighted by atomic mass is 9.94. The van der Waals surface area contributed by atoms with E-state index in [1.807, 2.05) is 0 Å². The molecule has 1 atom stereocenters. The number of benzene rings is 2. The minimum atomic E-state index is -4.55. The number of urea groups is 1. The molecule has 3 rings (SSSR count). The summed E-state index contributed by atoms with van der Waals surface area (Å²) >= 11 is 12.3. The van der Waals surface area contributed by atoms with Crippen LogP contribution in [0.3, 0.4) is 0 Å². The van der Waals surface area contributed by atoms with E-state index in [0.29, 0.717) is 5.56 Å². The Morgan fingerprint density at radius 2 is 1.83 bits per heavy atom.